The normalized spacial score (nSPS) is 11.8. The van der Waals surface area contributed by atoms with E-state index < -0.39 is 12.0 Å². The van der Waals surface area contributed by atoms with Crippen molar-refractivity contribution in [3.63, 3.8) is 0 Å². The molecule has 1 rings (SSSR count). The molecule has 0 bridgehead atoms. The summed E-state index contributed by atoms with van der Waals surface area (Å²) in [6.45, 7) is 0.569. The molecule has 0 unspecified atom stereocenters. The van der Waals surface area contributed by atoms with Gasteiger partial charge in [-0.15, -0.1) is 0 Å². The van der Waals surface area contributed by atoms with E-state index in [9.17, 15) is 9.59 Å². The average Bonchev–Trinajstić information content (AvgIpc) is 2.52. The van der Waals surface area contributed by atoms with Gasteiger partial charge in [-0.1, -0.05) is 23.7 Å². The van der Waals surface area contributed by atoms with Crippen LogP contribution in [0.15, 0.2) is 24.3 Å². The van der Waals surface area contributed by atoms with E-state index in [1.165, 1.54) is 7.11 Å². The predicted octanol–water partition coefficient (Wildman–Crippen LogP) is 1.20. The lowest BCUT2D eigenvalue weighted by molar-refractivity contribution is -0.145. The first-order valence-electron chi connectivity index (χ1n) is 6.75. The van der Waals surface area contributed by atoms with E-state index in [0.29, 0.717) is 24.7 Å². The summed E-state index contributed by atoms with van der Waals surface area (Å²) in [6, 6.07) is 6.26. The van der Waals surface area contributed by atoms with Crippen LogP contribution in [0, 0.1) is 0 Å². The molecule has 0 fully saturated rings. The van der Waals surface area contributed by atoms with Crippen molar-refractivity contribution in [1.82, 2.24) is 5.32 Å². The van der Waals surface area contributed by atoms with Crippen molar-refractivity contribution in [2.45, 2.75) is 12.5 Å². The Kier molecular flexibility index (Phi) is 8.50. The van der Waals surface area contributed by atoms with Crippen LogP contribution in [0.1, 0.15) is 5.56 Å². The second kappa shape index (κ2) is 10.2. The van der Waals surface area contributed by atoms with E-state index in [4.69, 9.17) is 25.8 Å². The fourth-order valence-electron chi connectivity index (χ4n) is 1.73. The number of benzene rings is 1. The first-order valence-corrected chi connectivity index (χ1v) is 7.13. The fraction of sp³-hybridized carbons (Fsp3) is 0.467. The van der Waals surface area contributed by atoms with Gasteiger partial charge in [-0.3, -0.25) is 4.79 Å². The highest BCUT2D eigenvalue weighted by molar-refractivity contribution is 6.30. The van der Waals surface area contributed by atoms with Gasteiger partial charge in [0.25, 0.3) is 0 Å². The molecule has 0 aliphatic heterocycles. The number of amides is 1. The maximum absolute atomic E-state index is 11.8. The molecule has 1 N–H and O–H groups in total. The third kappa shape index (κ3) is 6.89. The van der Waals surface area contributed by atoms with Crippen molar-refractivity contribution < 1.29 is 23.8 Å². The zero-order valence-corrected chi connectivity index (χ0v) is 13.4. The van der Waals surface area contributed by atoms with Crippen LogP contribution in [0.4, 0.5) is 0 Å². The Bertz CT molecular complexity index is 477. The van der Waals surface area contributed by atoms with Gasteiger partial charge in [-0.2, -0.15) is 0 Å². The average molecular weight is 330 g/mol. The number of carbonyl (C=O) groups is 2. The maximum atomic E-state index is 11.8. The third-order valence-electron chi connectivity index (χ3n) is 2.84. The van der Waals surface area contributed by atoms with Crippen molar-refractivity contribution in [3.8, 4) is 0 Å². The molecule has 0 aliphatic rings. The molecule has 1 amide bonds. The zero-order chi connectivity index (χ0) is 16.4. The van der Waals surface area contributed by atoms with E-state index in [1.54, 1.807) is 31.4 Å². The van der Waals surface area contributed by atoms with Crippen molar-refractivity contribution in [1.29, 1.82) is 0 Å². The smallest absolute Gasteiger partial charge is 0.328 e. The number of nitrogens with one attached hydrogen (secondary N) is 1. The minimum Gasteiger partial charge on any atom is -0.467 e. The van der Waals surface area contributed by atoms with Gasteiger partial charge < -0.3 is 19.5 Å². The first kappa shape index (κ1) is 18.4. The quantitative estimate of drug-likeness (QED) is 0.544. The molecule has 7 heteroatoms. The minimum atomic E-state index is -0.773. The van der Waals surface area contributed by atoms with Gasteiger partial charge in [0.05, 0.1) is 20.3 Å². The van der Waals surface area contributed by atoms with Crippen molar-refractivity contribution in [2.75, 3.05) is 34.0 Å². The van der Waals surface area contributed by atoms with E-state index >= 15 is 0 Å². The molecule has 1 atom stereocenters. The number of esters is 1. The Hall–Kier alpha value is -1.63. The molecule has 0 aromatic heterocycles. The van der Waals surface area contributed by atoms with Crippen LogP contribution in [0.3, 0.4) is 0 Å². The van der Waals surface area contributed by atoms with Crippen molar-refractivity contribution in [3.05, 3.63) is 34.9 Å². The zero-order valence-electron chi connectivity index (χ0n) is 12.6. The van der Waals surface area contributed by atoms with Gasteiger partial charge in [0.15, 0.2) is 0 Å². The van der Waals surface area contributed by atoms with Crippen LogP contribution >= 0.6 is 11.6 Å². The summed E-state index contributed by atoms with van der Waals surface area (Å²) in [5.74, 6) is -0.902. The molecule has 0 heterocycles. The molecule has 0 saturated carbocycles. The molecular formula is C15H20ClNO5. The molecule has 122 valence electrons. The molecule has 6 nitrogen and oxygen atoms in total. The fourth-order valence-corrected chi connectivity index (χ4v) is 1.86. The number of rotatable bonds is 9. The maximum Gasteiger partial charge on any atom is 0.328 e. The Balaban J connectivity index is 2.55. The standard InChI is InChI=1S/C15H20ClNO5/c1-20-7-8-22-10-14(18)17-13(15(19)21-2)9-11-3-5-12(16)6-4-11/h3-6,13H,7-10H2,1-2H3,(H,17,18)/t13-/m1/s1. The number of hydrogen-bond donors (Lipinski definition) is 1. The number of hydrogen-bond acceptors (Lipinski definition) is 5. The lowest BCUT2D eigenvalue weighted by atomic mass is 10.1. The molecular weight excluding hydrogens is 310 g/mol. The summed E-state index contributed by atoms with van der Waals surface area (Å²) in [7, 11) is 2.82. The summed E-state index contributed by atoms with van der Waals surface area (Å²) in [5.41, 5.74) is 0.861. The van der Waals surface area contributed by atoms with E-state index in [-0.39, 0.29) is 12.5 Å². The monoisotopic (exact) mass is 329 g/mol. The van der Waals surface area contributed by atoms with Crippen molar-refractivity contribution in [2.24, 2.45) is 0 Å². The Labute approximate surface area is 134 Å². The van der Waals surface area contributed by atoms with Crippen LogP contribution in [0.5, 0.6) is 0 Å². The summed E-state index contributed by atoms with van der Waals surface area (Å²) < 4.78 is 14.6. The van der Waals surface area contributed by atoms with Gasteiger partial charge >= 0.3 is 5.97 Å². The first-order chi connectivity index (χ1) is 10.6. The molecule has 0 spiro atoms. The van der Waals surface area contributed by atoms with Gasteiger partial charge in [-0.05, 0) is 17.7 Å². The van der Waals surface area contributed by atoms with Crippen LogP contribution in [0.2, 0.25) is 5.02 Å². The van der Waals surface area contributed by atoms with E-state index in [0.717, 1.165) is 5.56 Å². The number of halogens is 1. The van der Waals surface area contributed by atoms with Crippen LogP contribution in [-0.2, 0) is 30.2 Å². The number of ether oxygens (including phenoxy) is 3. The topological polar surface area (TPSA) is 73.9 Å². The Morgan fingerprint density at radius 3 is 2.45 bits per heavy atom. The Morgan fingerprint density at radius 1 is 1.18 bits per heavy atom. The van der Waals surface area contributed by atoms with E-state index in [2.05, 4.69) is 5.32 Å². The van der Waals surface area contributed by atoms with Gasteiger partial charge in [0.1, 0.15) is 12.6 Å². The Morgan fingerprint density at radius 2 is 1.86 bits per heavy atom. The molecule has 22 heavy (non-hydrogen) atoms. The second-order valence-corrected chi connectivity index (χ2v) is 4.96. The van der Waals surface area contributed by atoms with Crippen molar-refractivity contribution >= 4 is 23.5 Å². The lowest BCUT2D eigenvalue weighted by Gasteiger charge is -2.16. The largest absolute Gasteiger partial charge is 0.467 e. The van der Waals surface area contributed by atoms with Gasteiger partial charge in [0, 0.05) is 18.6 Å². The summed E-state index contributed by atoms with van der Waals surface area (Å²) in [4.78, 5) is 23.5. The summed E-state index contributed by atoms with van der Waals surface area (Å²) in [6.07, 6.45) is 0.313. The third-order valence-corrected chi connectivity index (χ3v) is 3.09. The van der Waals surface area contributed by atoms with Gasteiger partial charge in [0.2, 0.25) is 5.91 Å². The predicted molar refractivity (Wildman–Crippen MR) is 81.8 cm³/mol. The highest BCUT2D eigenvalue weighted by atomic mass is 35.5. The molecule has 1 aromatic carbocycles. The molecule has 0 saturated heterocycles. The highest BCUT2D eigenvalue weighted by Gasteiger charge is 2.21. The molecule has 0 aliphatic carbocycles. The lowest BCUT2D eigenvalue weighted by Crippen LogP contribution is -2.44. The minimum absolute atomic E-state index is 0.141. The van der Waals surface area contributed by atoms with Crippen LogP contribution in [-0.4, -0.2) is 52.0 Å². The number of carbonyl (C=O) groups excluding carboxylic acids is 2. The second-order valence-electron chi connectivity index (χ2n) is 4.52. The molecule has 1 aromatic rings. The summed E-state index contributed by atoms with van der Waals surface area (Å²) >= 11 is 5.82. The SMILES string of the molecule is COCCOCC(=O)N[C@H](Cc1ccc(Cl)cc1)C(=O)OC. The van der Waals surface area contributed by atoms with Crippen LogP contribution in [0.25, 0.3) is 0 Å². The number of methoxy groups -OCH3 is 2. The highest BCUT2D eigenvalue weighted by Crippen LogP contribution is 2.11. The van der Waals surface area contributed by atoms with Crippen LogP contribution < -0.4 is 5.32 Å². The molecule has 0 radical (unpaired) electrons. The van der Waals surface area contributed by atoms with Gasteiger partial charge in [-0.25, -0.2) is 4.79 Å². The summed E-state index contributed by atoms with van der Waals surface area (Å²) in [5, 5.41) is 3.20. The van der Waals surface area contributed by atoms with E-state index in [1.807, 2.05) is 0 Å².